The molecule has 0 saturated heterocycles. The molecular formula is C8H8F4N4O. The van der Waals surface area contributed by atoms with Crippen molar-refractivity contribution in [1.29, 1.82) is 5.26 Å². The van der Waals surface area contributed by atoms with Gasteiger partial charge in [-0.05, 0) is 0 Å². The topological polar surface area (TPSA) is 74.6 Å². The lowest BCUT2D eigenvalue weighted by atomic mass is 10.4. The molecule has 1 N–H and O–H groups in total. The van der Waals surface area contributed by atoms with Gasteiger partial charge in [-0.2, -0.15) is 19.1 Å². The number of aromatic nitrogens is 3. The maximum Gasteiger partial charge on any atom is 0.330 e. The summed E-state index contributed by atoms with van der Waals surface area (Å²) in [7, 11) is 0. The Labute approximate surface area is 93.4 Å². The van der Waals surface area contributed by atoms with Crippen LogP contribution < -0.4 is 0 Å². The fraction of sp³-hybridized carbons (Fsp3) is 0.625. The van der Waals surface area contributed by atoms with Gasteiger partial charge in [0.05, 0.1) is 12.5 Å². The Morgan fingerprint density at radius 3 is 2.76 bits per heavy atom. The number of halogens is 4. The van der Waals surface area contributed by atoms with E-state index in [1.54, 1.807) is 6.07 Å². The van der Waals surface area contributed by atoms with Gasteiger partial charge in [0.2, 0.25) is 0 Å². The second-order valence-corrected chi connectivity index (χ2v) is 3.09. The highest BCUT2D eigenvalue weighted by atomic mass is 19.3. The highest BCUT2D eigenvalue weighted by Gasteiger charge is 2.40. The number of hydrogen-bond acceptors (Lipinski definition) is 4. The van der Waals surface area contributed by atoms with Crippen molar-refractivity contribution in [1.82, 2.24) is 15.2 Å². The smallest absolute Gasteiger partial charge is 0.330 e. The number of H-pyrrole nitrogens is 1. The molecule has 0 aliphatic heterocycles. The van der Waals surface area contributed by atoms with E-state index in [1.807, 2.05) is 0 Å². The van der Waals surface area contributed by atoms with Gasteiger partial charge in [-0.25, -0.2) is 13.8 Å². The van der Waals surface area contributed by atoms with Gasteiger partial charge < -0.3 is 4.74 Å². The molecule has 0 fully saturated rings. The van der Waals surface area contributed by atoms with Gasteiger partial charge >= 0.3 is 12.3 Å². The molecule has 0 spiro atoms. The normalized spacial score (nSPS) is 11.8. The number of nitrogens with zero attached hydrogens (tertiary/aromatic N) is 3. The summed E-state index contributed by atoms with van der Waals surface area (Å²) in [6.45, 7) is -1.81. The highest BCUT2D eigenvalue weighted by molar-refractivity contribution is 4.95. The zero-order valence-electron chi connectivity index (χ0n) is 8.46. The first-order valence-electron chi connectivity index (χ1n) is 4.46. The molecular weight excluding hydrogens is 244 g/mol. The second kappa shape index (κ2) is 5.58. The summed E-state index contributed by atoms with van der Waals surface area (Å²) in [5.41, 5.74) is 0. The summed E-state index contributed by atoms with van der Waals surface area (Å²) in [6.07, 6.45) is -3.81. The summed E-state index contributed by atoms with van der Waals surface area (Å²) in [4.78, 5) is 3.72. The number of ether oxygens (including phenoxy) is 1. The predicted molar refractivity (Wildman–Crippen MR) is 46.3 cm³/mol. The molecule has 5 nitrogen and oxygen atoms in total. The first-order valence-corrected chi connectivity index (χ1v) is 4.46. The van der Waals surface area contributed by atoms with E-state index in [9.17, 15) is 17.6 Å². The number of hydrogen-bond donors (Lipinski definition) is 1. The monoisotopic (exact) mass is 252 g/mol. The van der Waals surface area contributed by atoms with E-state index < -0.39 is 25.6 Å². The molecule has 17 heavy (non-hydrogen) atoms. The second-order valence-electron chi connectivity index (χ2n) is 3.09. The van der Waals surface area contributed by atoms with Crippen molar-refractivity contribution in [2.24, 2.45) is 0 Å². The number of rotatable bonds is 6. The molecule has 0 aromatic carbocycles. The van der Waals surface area contributed by atoms with Crippen LogP contribution in [0.1, 0.15) is 11.6 Å². The molecule has 1 heterocycles. The van der Waals surface area contributed by atoms with E-state index in [-0.39, 0.29) is 18.1 Å². The number of alkyl halides is 4. The van der Waals surface area contributed by atoms with Crippen molar-refractivity contribution in [2.45, 2.75) is 25.4 Å². The van der Waals surface area contributed by atoms with Gasteiger partial charge in [-0.3, -0.25) is 5.10 Å². The third-order valence-electron chi connectivity index (χ3n) is 1.67. The third kappa shape index (κ3) is 3.99. The Balaban J connectivity index is 2.38. The molecule has 0 unspecified atom stereocenters. The van der Waals surface area contributed by atoms with Crippen molar-refractivity contribution in [3.05, 3.63) is 11.6 Å². The van der Waals surface area contributed by atoms with Crippen LogP contribution >= 0.6 is 0 Å². The Hall–Kier alpha value is -1.69. The van der Waals surface area contributed by atoms with Crippen molar-refractivity contribution in [3.8, 4) is 6.07 Å². The molecule has 0 amide bonds. The molecule has 94 valence electrons. The lowest BCUT2D eigenvalue weighted by Crippen LogP contribution is -2.32. The Bertz CT molecular complexity index is 400. The highest BCUT2D eigenvalue weighted by Crippen LogP contribution is 2.23. The minimum atomic E-state index is -4.19. The van der Waals surface area contributed by atoms with Gasteiger partial charge in [-0.15, -0.1) is 0 Å². The number of nitrogens with one attached hydrogen (secondary N) is 1. The van der Waals surface area contributed by atoms with E-state index in [1.165, 1.54) is 0 Å². The van der Waals surface area contributed by atoms with Crippen molar-refractivity contribution in [2.75, 3.05) is 6.61 Å². The summed E-state index contributed by atoms with van der Waals surface area (Å²) >= 11 is 0. The van der Waals surface area contributed by atoms with Crippen molar-refractivity contribution in [3.63, 3.8) is 0 Å². The minimum absolute atomic E-state index is 0.0380. The van der Waals surface area contributed by atoms with E-state index in [2.05, 4.69) is 19.9 Å². The standard InChI is InChI=1S/C8H8F4N4O/c9-7(10)8(11,12)4-17-3-6-14-5(1-2-13)15-16-6/h7H,1,3-4H2,(H,14,15,16). The predicted octanol–water partition coefficient (Wildman–Crippen LogP) is 1.29. The van der Waals surface area contributed by atoms with Crippen LogP contribution in [0.5, 0.6) is 0 Å². The van der Waals surface area contributed by atoms with Crippen LogP contribution in [0.15, 0.2) is 0 Å². The van der Waals surface area contributed by atoms with E-state index in [4.69, 9.17) is 5.26 Å². The fourth-order valence-electron chi connectivity index (χ4n) is 0.896. The summed E-state index contributed by atoms with van der Waals surface area (Å²) in [5, 5.41) is 14.2. The van der Waals surface area contributed by atoms with E-state index in [0.717, 1.165) is 0 Å². The van der Waals surface area contributed by atoms with E-state index >= 15 is 0 Å². The number of nitriles is 1. The quantitative estimate of drug-likeness (QED) is 0.774. The first kappa shape index (κ1) is 13.4. The van der Waals surface area contributed by atoms with Crippen LogP contribution in [0.3, 0.4) is 0 Å². The van der Waals surface area contributed by atoms with Gasteiger partial charge in [-0.1, -0.05) is 0 Å². The van der Waals surface area contributed by atoms with Gasteiger partial charge in [0.15, 0.2) is 11.6 Å². The Kier molecular flexibility index (Phi) is 4.39. The average Bonchev–Trinajstić information content (AvgIpc) is 2.66. The molecule has 0 bridgehead atoms. The molecule has 1 aromatic heterocycles. The van der Waals surface area contributed by atoms with Gasteiger partial charge in [0.25, 0.3) is 0 Å². The van der Waals surface area contributed by atoms with Gasteiger partial charge in [0.1, 0.15) is 13.2 Å². The SMILES string of the molecule is N#CCc1n[nH]c(COCC(F)(F)C(F)F)n1. The van der Waals surface area contributed by atoms with Gasteiger partial charge in [0, 0.05) is 0 Å². The largest absolute Gasteiger partial charge is 0.367 e. The number of aromatic amines is 1. The first-order chi connectivity index (χ1) is 7.95. The Morgan fingerprint density at radius 2 is 2.18 bits per heavy atom. The fourth-order valence-corrected chi connectivity index (χ4v) is 0.896. The molecule has 0 aliphatic rings. The van der Waals surface area contributed by atoms with E-state index in [0.29, 0.717) is 0 Å². The molecule has 0 atom stereocenters. The molecule has 9 heteroatoms. The summed E-state index contributed by atoms with van der Waals surface area (Å²) in [5.74, 6) is -3.90. The maximum atomic E-state index is 12.4. The molecule has 0 aliphatic carbocycles. The summed E-state index contributed by atoms with van der Waals surface area (Å²) in [6, 6.07) is 1.79. The third-order valence-corrected chi connectivity index (χ3v) is 1.67. The van der Waals surface area contributed by atoms with Crippen LogP contribution in [-0.2, 0) is 17.8 Å². The Morgan fingerprint density at radius 1 is 1.47 bits per heavy atom. The van der Waals surface area contributed by atoms with Crippen LogP contribution in [0.25, 0.3) is 0 Å². The van der Waals surface area contributed by atoms with Crippen LogP contribution in [0.4, 0.5) is 17.6 Å². The van der Waals surface area contributed by atoms with Crippen molar-refractivity contribution >= 4 is 0 Å². The van der Waals surface area contributed by atoms with Crippen LogP contribution in [-0.4, -0.2) is 34.1 Å². The molecule has 1 aromatic rings. The molecule has 1 rings (SSSR count). The lowest BCUT2D eigenvalue weighted by molar-refractivity contribution is -0.168. The average molecular weight is 252 g/mol. The molecule has 0 saturated carbocycles. The lowest BCUT2D eigenvalue weighted by Gasteiger charge is -2.14. The van der Waals surface area contributed by atoms with Crippen LogP contribution in [0.2, 0.25) is 0 Å². The minimum Gasteiger partial charge on any atom is -0.367 e. The summed E-state index contributed by atoms with van der Waals surface area (Å²) < 4.78 is 52.7. The van der Waals surface area contributed by atoms with Crippen LogP contribution in [0, 0.1) is 11.3 Å². The maximum absolute atomic E-state index is 12.4. The zero-order valence-corrected chi connectivity index (χ0v) is 8.46. The zero-order chi connectivity index (χ0) is 12.9. The molecule has 0 radical (unpaired) electrons. The van der Waals surface area contributed by atoms with Crippen molar-refractivity contribution < 1.29 is 22.3 Å².